The zero-order chi connectivity index (χ0) is 13.0. The summed E-state index contributed by atoms with van der Waals surface area (Å²) in [5.74, 6) is 5.39. The fourth-order valence-corrected chi connectivity index (χ4v) is 2.40. The number of nitrogens with one attached hydrogen (secondary N) is 1. The van der Waals surface area contributed by atoms with Crippen LogP contribution in [0.15, 0.2) is 11.4 Å². The van der Waals surface area contributed by atoms with E-state index in [1.165, 1.54) is 11.3 Å². The van der Waals surface area contributed by atoms with Crippen molar-refractivity contribution in [2.45, 2.75) is 0 Å². The van der Waals surface area contributed by atoms with Gasteiger partial charge >= 0.3 is 0 Å². The van der Waals surface area contributed by atoms with E-state index in [-0.39, 0.29) is 18.4 Å². The van der Waals surface area contributed by atoms with Crippen molar-refractivity contribution >= 4 is 23.2 Å². The van der Waals surface area contributed by atoms with E-state index in [1.54, 1.807) is 16.3 Å². The molecule has 0 aliphatic carbocycles. The highest BCUT2D eigenvalue weighted by atomic mass is 32.1. The lowest BCUT2D eigenvalue weighted by Gasteiger charge is -2.26. The van der Waals surface area contributed by atoms with Crippen molar-refractivity contribution in [2.24, 2.45) is 5.73 Å². The third kappa shape index (κ3) is 2.88. The van der Waals surface area contributed by atoms with E-state index in [0.29, 0.717) is 25.2 Å². The minimum atomic E-state index is -0.123. The molecule has 1 fully saturated rings. The third-order valence-electron chi connectivity index (χ3n) is 2.49. The predicted octanol–water partition coefficient (Wildman–Crippen LogP) is -0.370. The summed E-state index contributed by atoms with van der Waals surface area (Å²) in [6.45, 7) is 1.48. The van der Waals surface area contributed by atoms with Crippen LogP contribution in [-0.2, 0) is 4.79 Å². The maximum Gasteiger partial charge on any atom is 0.255 e. The first kappa shape index (κ1) is 12.6. The topological polar surface area (TPSA) is 75.4 Å². The fourth-order valence-electron chi connectivity index (χ4n) is 1.65. The minimum Gasteiger partial charge on any atom is -0.353 e. The van der Waals surface area contributed by atoms with Gasteiger partial charge in [0.2, 0.25) is 5.91 Å². The molecule has 3 N–H and O–H groups in total. The average Bonchev–Trinajstić information content (AvgIpc) is 2.84. The number of carbonyl (C=O) groups is 2. The monoisotopic (exact) mass is 263 g/mol. The van der Waals surface area contributed by atoms with Gasteiger partial charge in [0, 0.05) is 18.5 Å². The molecular formula is C12H13N3O2S. The number of piperazine rings is 1. The lowest BCUT2D eigenvalue weighted by molar-refractivity contribution is -0.123. The van der Waals surface area contributed by atoms with E-state index in [4.69, 9.17) is 5.73 Å². The van der Waals surface area contributed by atoms with Gasteiger partial charge in [-0.2, -0.15) is 0 Å². The highest BCUT2D eigenvalue weighted by Gasteiger charge is 2.22. The van der Waals surface area contributed by atoms with Gasteiger partial charge in [0.25, 0.3) is 5.91 Å². The van der Waals surface area contributed by atoms with Crippen molar-refractivity contribution in [3.63, 3.8) is 0 Å². The van der Waals surface area contributed by atoms with E-state index in [0.717, 1.165) is 4.88 Å². The summed E-state index contributed by atoms with van der Waals surface area (Å²) in [6.07, 6.45) is 0. The Hall–Kier alpha value is -1.84. The Morgan fingerprint density at radius 1 is 1.61 bits per heavy atom. The standard InChI is InChI=1S/C12H13N3O2S/c13-3-1-2-10-6-9(8-18-10)12(17)15-5-4-14-11(16)7-15/h6,8H,3-5,7,13H2,(H,14,16). The molecule has 94 valence electrons. The summed E-state index contributed by atoms with van der Waals surface area (Å²) in [5, 5.41) is 4.44. The van der Waals surface area contributed by atoms with E-state index in [2.05, 4.69) is 17.2 Å². The van der Waals surface area contributed by atoms with Gasteiger partial charge in [-0.05, 0) is 6.07 Å². The molecule has 2 rings (SSSR count). The van der Waals surface area contributed by atoms with Crippen LogP contribution in [0, 0.1) is 11.8 Å². The lowest BCUT2D eigenvalue weighted by atomic mass is 10.2. The minimum absolute atomic E-state index is 0.118. The molecule has 1 aromatic rings. The van der Waals surface area contributed by atoms with Crippen molar-refractivity contribution in [1.29, 1.82) is 0 Å². The Bertz CT molecular complexity index is 527. The Morgan fingerprint density at radius 2 is 2.44 bits per heavy atom. The highest BCUT2D eigenvalue weighted by Crippen LogP contribution is 2.15. The quantitative estimate of drug-likeness (QED) is 0.679. The van der Waals surface area contributed by atoms with Crippen LogP contribution in [0.1, 0.15) is 15.2 Å². The molecule has 0 aromatic carbocycles. The van der Waals surface area contributed by atoms with Gasteiger partial charge in [0.1, 0.15) is 0 Å². The maximum absolute atomic E-state index is 12.1. The molecule has 0 spiro atoms. The first-order valence-corrected chi connectivity index (χ1v) is 6.42. The fraction of sp³-hybridized carbons (Fsp3) is 0.333. The summed E-state index contributed by atoms with van der Waals surface area (Å²) < 4.78 is 0. The number of carbonyl (C=O) groups excluding carboxylic acids is 2. The Morgan fingerprint density at radius 3 is 3.17 bits per heavy atom. The number of hydrogen-bond acceptors (Lipinski definition) is 4. The first-order valence-electron chi connectivity index (χ1n) is 5.54. The second kappa shape index (κ2) is 5.67. The SMILES string of the molecule is NCC#Cc1cc(C(=O)N2CCNC(=O)C2)cs1. The molecule has 2 amide bonds. The summed E-state index contributed by atoms with van der Waals surface area (Å²) in [5.41, 5.74) is 5.87. The Labute approximate surface area is 109 Å². The van der Waals surface area contributed by atoms with Crippen LogP contribution >= 0.6 is 11.3 Å². The van der Waals surface area contributed by atoms with Crippen LogP contribution in [0.3, 0.4) is 0 Å². The van der Waals surface area contributed by atoms with Gasteiger partial charge in [-0.3, -0.25) is 9.59 Å². The molecule has 0 radical (unpaired) electrons. The zero-order valence-corrected chi connectivity index (χ0v) is 10.5. The number of nitrogens with zero attached hydrogens (tertiary/aromatic N) is 1. The molecule has 1 aliphatic heterocycles. The summed E-state index contributed by atoms with van der Waals surface area (Å²) in [4.78, 5) is 25.7. The van der Waals surface area contributed by atoms with Crippen LogP contribution < -0.4 is 11.1 Å². The van der Waals surface area contributed by atoms with Gasteiger partial charge in [-0.25, -0.2) is 0 Å². The van der Waals surface area contributed by atoms with Crippen LogP contribution in [-0.4, -0.2) is 42.9 Å². The summed E-state index contributed by atoms with van der Waals surface area (Å²) in [7, 11) is 0. The van der Waals surface area contributed by atoms with Gasteiger partial charge in [0.15, 0.2) is 0 Å². The molecule has 1 aliphatic rings. The molecule has 1 saturated heterocycles. The van der Waals surface area contributed by atoms with E-state index in [1.807, 2.05) is 0 Å². The van der Waals surface area contributed by atoms with Crippen LogP contribution in [0.2, 0.25) is 0 Å². The molecule has 5 nitrogen and oxygen atoms in total. The van der Waals surface area contributed by atoms with Gasteiger partial charge in [0.05, 0.1) is 23.5 Å². The molecule has 6 heteroatoms. The van der Waals surface area contributed by atoms with Crippen molar-refractivity contribution in [3.05, 3.63) is 21.9 Å². The molecule has 0 bridgehead atoms. The van der Waals surface area contributed by atoms with Crippen LogP contribution in [0.25, 0.3) is 0 Å². The smallest absolute Gasteiger partial charge is 0.255 e. The van der Waals surface area contributed by atoms with E-state index < -0.39 is 0 Å². The largest absolute Gasteiger partial charge is 0.353 e. The molecule has 0 unspecified atom stereocenters. The summed E-state index contributed by atoms with van der Waals surface area (Å²) in [6, 6.07) is 1.74. The van der Waals surface area contributed by atoms with Crippen LogP contribution in [0.4, 0.5) is 0 Å². The van der Waals surface area contributed by atoms with Crippen molar-refractivity contribution in [3.8, 4) is 11.8 Å². The zero-order valence-electron chi connectivity index (χ0n) is 9.73. The Kier molecular flexibility index (Phi) is 3.97. The van der Waals surface area contributed by atoms with Crippen molar-refractivity contribution in [2.75, 3.05) is 26.2 Å². The Balaban J connectivity index is 2.08. The average molecular weight is 263 g/mol. The number of thiophene rings is 1. The molecule has 1 aromatic heterocycles. The third-order valence-corrected chi connectivity index (χ3v) is 3.33. The van der Waals surface area contributed by atoms with Gasteiger partial charge < -0.3 is 16.0 Å². The lowest BCUT2D eigenvalue weighted by Crippen LogP contribution is -2.49. The van der Waals surface area contributed by atoms with Gasteiger partial charge in [-0.15, -0.1) is 11.3 Å². The highest BCUT2D eigenvalue weighted by molar-refractivity contribution is 7.10. The van der Waals surface area contributed by atoms with Crippen molar-refractivity contribution < 1.29 is 9.59 Å². The number of nitrogens with two attached hydrogens (primary N) is 1. The van der Waals surface area contributed by atoms with E-state index >= 15 is 0 Å². The second-order valence-electron chi connectivity index (χ2n) is 3.78. The molecule has 0 atom stereocenters. The number of rotatable bonds is 1. The molecular weight excluding hydrogens is 250 g/mol. The molecule has 18 heavy (non-hydrogen) atoms. The van der Waals surface area contributed by atoms with E-state index in [9.17, 15) is 9.59 Å². The van der Waals surface area contributed by atoms with Crippen LogP contribution in [0.5, 0.6) is 0 Å². The van der Waals surface area contributed by atoms with Gasteiger partial charge in [-0.1, -0.05) is 11.8 Å². The number of amides is 2. The first-order chi connectivity index (χ1) is 8.70. The normalized spacial score (nSPS) is 14.7. The summed E-state index contributed by atoms with van der Waals surface area (Å²) >= 11 is 1.41. The predicted molar refractivity (Wildman–Crippen MR) is 69.2 cm³/mol. The second-order valence-corrected chi connectivity index (χ2v) is 4.69. The molecule has 2 heterocycles. The molecule has 0 saturated carbocycles. The maximum atomic E-state index is 12.1. The van der Waals surface area contributed by atoms with Crippen molar-refractivity contribution in [1.82, 2.24) is 10.2 Å². The number of hydrogen-bond donors (Lipinski definition) is 2.